The van der Waals surface area contributed by atoms with Crippen molar-refractivity contribution in [3.8, 4) is 5.75 Å². The molecule has 0 bridgehead atoms. The summed E-state index contributed by atoms with van der Waals surface area (Å²) in [6, 6.07) is 4.41. The summed E-state index contributed by atoms with van der Waals surface area (Å²) in [6.07, 6.45) is 0. The molecule has 0 saturated carbocycles. The van der Waals surface area contributed by atoms with Crippen molar-refractivity contribution >= 4 is 22.2 Å². The minimum Gasteiger partial charge on any atom is -0.487 e. The Hall–Kier alpha value is -2.22. The topological polar surface area (TPSA) is 104 Å². The van der Waals surface area contributed by atoms with E-state index in [9.17, 15) is 10.1 Å². The SMILES string of the molecule is Cc1cc([N+](=O)[O-])ccc1OCc1nnsc1N. The Morgan fingerprint density at radius 1 is 1.56 bits per heavy atom. The molecule has 8 heteroatoms. The van der Waals surface area contributed by atoms with Gasteiger partial charge in [0.1, 0.15) is 23.1 Å². The lowest BCUT2D eigenvalue weighted by Crippen LogP contribution is -2.00. The Morgan fingerprint density at radius 3 is 2.89 bits per heavy atom. The largest absolute Gasteiger partial charge is 0.487 e. The number of hydrogen-bond donors (Lipinski definition) is 1. The maximum absolute atomic E-state index is 10.6. The first-order valence-electron chi connectivity index (χ1n) is 5.02. The molecule has 94 valence electrons. The summed E-state index contributed by atoms with van der Waals surface area (Å²) in [5.74, 6) is 0.563. The van der Waals surface area contributed by atoms with E-state index in [1.165, 1.54) is 12.1 Å². The van der Waals surface area contributed by atoms with Crippen molar-refractivity contribution in [1.29, 1.82) is 0 Å². The highest BCUT2D eigenvalue weighted by atomic mass is 32.1. The number of nitro benzene ring substituents is 1. The molecule has 1 heterocycles. The molecule has 0 amide bonds. The number of non-ortho nitro benzene ring substituents is 1. The molecule has 0 aliphatic heterocycles. The summed E-state index contributed by atoms with van der Waals surface area (Å²) < 4.78 is 9.19. The molecular weight excluding hydrogens is 256 g/mol. The smallest absolute Gasteiger partial charge is 0.269 e. The Balaban J connectivity index is 2.11. The number of nitrogen functional groups attached to an aromatic ring is 1. The summed E-state index contributed by atoms with van der Waals surface area (Å²) in [5, 5.41) is 14.9. The predicted octanol–water partition coefficient (Wildman–Crippen LogP) is 1.92. The van der Waals surface area contributed by atoms with Crippen molar-refractivity contribution in [1.82, 2.24) is 9.59 Å². The van der Waals surface area contributed by atoms with E-state index < -0.39 is 4.92 Å². The molecule has 0 saturated heterocycles. The van der Waals surface area contributed by atoms with Crippen LogP contribution in [0.15, 0.2) is 18.2 Å². The second kappa shape index (κ2) is 4.96. The van der Waals surface area contributed by atoms with Crippen molar-refractivity contribution in [2.75, 3.05) is 5.73 Å². The minimum absolute atomic E-state index is 0.0367. The molecule has 0 aliphatic rings. The molecule has 0 atom stereocenters. The van der Waals surface area contributed by atoms with Crippen LogP contribution in [0.2, 0.25) is 0 Å². The lowest BCUT2D eigenvalue weighted by molar-refractivity contribution is -0.384. The van der Waals surface area contributed by atoms with Gasteiger partial charge in [-0.3, -0.25) is 10.1 Å². The Morgan fingerprint density at radius 2 is 2.33 bits per heavy atom. The second-order valence-corrected chi connectivity index (χ2v) is 4.37. The molecular formula is C10H10N4O3S. The first-order valence-corrected chi connectivity index (χ1v) is 5.80. The van der Waals surface area contributed by atoms with Crippen LogP contribution in [0.3, 0.4) is 0 Å². The van der Waals surface area contributed by atoms with Crippen LogP contribution < -0.4 is 10.5 Å². The molecule has 0 unspecified atom stereocenters. The number of nitrogens with zero attached hydrogens (tertiary/aromatic N) is 3. The Labute approximate surface area is 107 Å². The molecule has 2 rings (SSSR count). The van der Waals surface area contributed by atoms with Crippen LogP contribution in [0, 0.1) is 17.0 Å². The van der Waals surface area contributed by atoms with Gasteiger partial charge < -0.3 is 10.5 Å². The van der Waals surface area contributed by atoms with E-state index in [2.05, 4.69) is 9.59 Å². The number of aromatic nitrogens is 2. The summed E-state index contributed by atoms with van der Waals surface area (Å²) in [4.78, 5) is 10.1. The van der Waals surface area contributed by atoms with Crippen LogP contribution in [0.4, 0.5) is 10.7 Å². The molecule has 7 nitrogen and oxygen atoms in total. The predicted molar refractivity (Wildman–Crippen MR) is 66.5 cm³/mol. The van der Waals surface area contributed by atoms with E-state index in [4.69, 9.17) is 10.5 Å². The average molecular weight is 266 g/mol. The number of hydrogen-bond acceptors (Lipinski definition) is 7. The molecule has 0 spiro atoms. The lowest BCUT2D eigenvalue weighted by atomic mass is 10.2. The van der Waals surface area contributed by atoms with Crippen molar-refractivity contribution in [2.24, 2.45) is 0 Å². The van der Waals surface area contributed by atoms with Crippen LogP contribution in [0.5, 0.6) is 5.75 Å². The van der Waals surface area contributed by atoms with Crippen LogP contribution in [-0.4, -0.2) is 14.5 Å². The summed E-state index contributed by atoms with van der Waals surface area (Å²) in [6.45, 7) is 1.94. The van der Waals surface area contributed by atoms with Gasteiger partial charge in [-0.05, 0) is 18.6 Å². The first kappa shape index (κ1) is 12.2. The minimum atomic E-state index is -0.445. The Bertz CT molecular complexity index is 584. The number of anilines is 1. The average Bonchev–Trinajstić information content (AvgIpc) is 2.73. The van der Waals surface area contributed by atoms with Crippen LogP contribution >= 0.6 is 11.5 Å². The van der Waals surface area contributed by atoms with E-state index in [0.717, 1.165) is 11.5 Å². The Kier molecular flexibility index (Phi) is 3.38. The number of benzene rings is 1. The van der Waals surface area contributed by atoms with Crippen molar-refractivity contribution in [2.45, 2.75) is 13.5 Å². The third kappa shape index (κ3) is 2.54. The number of ether oxygens (including phenoxy) is 1. The molecule has 0 radical (unpaired) electrons. The van der Waals surface area contributed by atoms with Crippen molar-refractivity contribution in [3.63, 3.8) is 0 Å². The fraction of sp³-hybridized carbons (Fsp3) is 0.200. The number of nitrogens with two attached hydrogens (primary N) is 1. The lowest BCUT2D eigenvalue weighted by Gasteiger charge is -2.07. The van der Waals surface area contributed by atoms with Gasteiger partial charge in [0.05, 0.1) is 4.92 Å². The number of nitro groups is 1. The zero-order valence-corrected chi connectivity index (χ0v) is 10.3. The highest BCUT2D eigenvalue weighted by Gasteiger charge is 2.10. The molecule has 1 aromatic heterocycles. The molecule has 18 heavy (non-hydrogen) atoms. The van der Waals surface area contributed by atoms with Crippen molar-refractivity contribution in [3.05, 3.63) is 39.6 Å². The standard InChI is InChI=1S/C10H10N4O3S/c1-6-4-7(14(15)16)2-3-9(6)17-5-8-10(11)18-13-12-8/h2-4H,5,11H2,1H3. The van der Waals surface area contributed by atoms with Gasteiger partial charge >= 0.3 is 0 Å². The number of rotatable bonds is 4. The zero-order valence-electron chi connectivity index (χ0n) is 9.49. The molecule has 2 N–H and O–H groups in total. The summed E-state index contributed by atoms with van der Waals surface area (Å²) >= 11 is 1.10. The zero-order chi connectivity index (χ0) is 13.1. The van der Waals surface area contributed by atoms with Crippen molar-refractivity contribution < 1.29 is 9.66 Å². The third-order valence-electron chi connectivity index (χ3n) is 2.32. The number of aryl methyl sites for hydroxylation is 1. The van der Waals surface area contributed by atoms with E-state index >= 15 is 0 Å². The van der Waals surface area contributed by atoms with Gasteiger partial charge in [0.2, 0.25) is 0 Å². The van der Waals surface area contributed by atoms with Gasteiger partial charge in [-0.1, -0.05) is 4.49 Å². The first-order chi connectivity index (χ1) is 8.58. The maximum atomic E-state index is 10.6. The summed E-state index contributed by atoms with van der Waals surface area (Å²) in [5.41, 5.74) is 6.92. The third-order valence-corrected chi connectivity index (χ3v) is 2.91. The van der Waals surface area contributed by atoms with E-state index in [-0.39, 0.29) is 12.3 Å². The fourth-order valence-corrected chi connectivity index (χ4v) is 1.80. The van der Waals surface area contributed by atoms with Gasteiger partial charge in [-0.15, -0.1) is 5.10 Å². The normalized spacial score (nSPS) is 10.3. The van der Waals surface area contributed by atoms with E-state index in [1.807, 2.05) is 0 Å². The van der Waals surface area contributed by atoms with Gasteiger partial charge in [0.15, 0.2) is 0 Å². The highest BCUT2D eigenvalue weighted by molar-refractivity contribution is 7.09. The monoisotopic (exact) mass is 266 g/mol. The molecule has 0 fully saturated rings. The van der Waals surface area contributed by atoms with E-state index in [0.29, 0.717) is 22.0 Å². The van der Waals surface area contributed by atoms with Gasteiger partial charge in [-0.25, -0.2) is 0 Å². The van der Waals surface area contributed by atoms with Crippen LogP contribution in [0.25, 0.3) is 0 Å². The molecule has 1 aromatic carbocycles. The maximum Gasteiger partial charge on any atom is 0.269 e. The fourth-order valence-electron chi connectivity index (χ4n) is 1.37. The molecule has 2 aromatic rings. The highest BCUT2D eigenvalue weighted by Crippen LogP contribution is 2.24. The molecule has 0 aliphatic carbocycles. The summed E-state index contributed by atoms with van der Waals surface area (Å²) in [7, 11) is 0. The quantitative estimate of drug-likeness (QED) is 0.669. The van der Waals surface area contributed by atoms with Gasteiger partial charge in [0, 0.05) is 23.7 Å². The van der Waals surface area contributed by atoms with Crippen LogP contribution in [0.1, 0.15) is 11.3 Å². The second-order valence-electron chi connectivity index (χ2n) is 3.58. The van der Waals surface area contributed by atoms with Crippen LogP contribution in [-0.2, 0) is 6.61 Å². The van der Waals surface area contributed by atoms with Gasteiger partial charge in [-0.2, -0.15) is 0 Å². The van der Waals surface area contributed by atoms with E-state index in [1.54, 1.807) is 13.0 Å². The van der Waals surface area contributed by atoms with Gasteiger partial charge in [0.25, 0.3) is 5.69 Å².